The van der Waals surface area contributed by atoms with E-state index in [4.69, 9.17) is 4.74 Å². The van der Waals surface area contributed by atoms with Gasteiger partial charge in [-0.3, -0.25) is 4.79 Å². The van der Waals surface area contributed by atoms with Crippen molar-refractivity contribution >= 4 is 17.7 Å². The van der Waals surface area contributed by atoms with Crippen LogP contribution in [0.25, 0.3) is 6.08 Å². The standard InChI is InChI=1S/C21H20N2O2/c1-13-5-4-6-19(15(13)3)23-21(24)18(12-22)11-16-7-8-20-17(10-16)9-14(2)25-20/h4-8,10-11,14H,9H2,1-3H3,(H,23,24)/b18-11-/t14-/m0/s1. The van der Waals surface area contributed by atoms with Gasteiger partial charge in [-0.25, -0.2) is 0 Å². The van der Waals surface area contributed by atoms with Crippen molar-refractivity contribution in [1.29, 1.82) is 5.26 Å². The maximum absolute atomic E-state index is 12.5. The normalized spacial score (nSPS) is 15.9. The van der Waals surface area contributed by atoms with E-state index in [0.717, 1.165) is 40.1 Å². The molecule has 4 heteroatoms. The molecule has 1 amide bonds. The Morgan fingerprint density at radius 1 is 1.32 bits per heavy atom. The fraction of sp³-hybridized carbons (Fsp3) is 0.238. The maximum atomic E-state index is 12.5. The molecular weight excluding hydrogens is 312 g/mol. The summed E-state index contributed by atoms with van der Waals surface area (Å²) in [5.41, 5.74) is 4.82. The topological polar surface area (TPSA) is 62.1 Å². The number of benzene rings is 2. The lowest BCUT2D eigenvalue weighted by Gasteiger charge is -2.10. The number of ether oxygens (including phenoxy) is 1. The summed E-state index contributed by atoms with van der Waals surface area (Å²) in [7, 11) is 0. The summed E-state index contributed by atoms with van der Waals surface area (Å²) in [6.45, 7) is 5.95. The van der Waals surface area contributed by atoms with E-state index in [1.165, 1.54) is 0 Å². The van der Waals surface area contributed by atoms with E-state index in [1.54, 1.807) is 6.08 Å². The first-order valence-corrected chi connectivity index (χ1v) is 8.27. The molecule has 2 aromatic rings. The van der Waals surface area contributed by atoms with Crippen LogP contribution in [0.5, 0.6) is 5.75 Å². The third-order valence-corrected chi connectivity index (χ3v) is 4.45. The van der Waals surface area contributed by atoms with Gasteiger partial charge in [0.2, 0.25) is 0 Å². The fourth-order valence-corrected chi connectivity index (χ4v) is 2.92. The average molecular weight is 332 g/mol. The smallest absolute Gasteiger partial charge is 0.266 e. The second-order valence-corrected chi connectivity index (χ2v) is 6.37. The molecule has 0 aliphatic carbocycles. The van der Waals surface area contributed by atoms with Gasteiger partial charge in [-0.1, -0.05) is 18.2 Å². The van der Waals surface area contributed by atoms with E-state index in [1.807, 2.05) is 63.2 Å². The van der Waals surface area contributed by atoms with Gasteiger partial charge < -0.3 is 10.1 Å². The van der Waals surface area contributed by atoms with Crippen LogP contribution >= 0.6 is 0 Å². The number of anilines is 1. The minimum Gasteiger partial charge on any atom is -0.490 e. The highest BCUT2D eigenvalue weighted by molar-refractivity contribution is 6.10. The van der Waals surface area contributed by atoms with Crippen LogP contribution in [0.2, 0.25) is 0 Å². The lowest BCUT2D eigenvalue weighted by molar-refractivity contribution is -0.112. The van der Waals surface area contributed by atoms with Crippen LogP contribution < -0.4 is 10.1 Å². The van der Waals surface area contributed by atoms with Gasteiger partial charge in [-0.2, -0.15) is 5.26 Å². The van der Waals surface area contributed by atoms with Gasteiger partial charge in [0.1, 0.15) is 23.5 Å². The molecular formula is C21H20N2O2. The van der Waals surface area contributed by atoms with Gasteiger partial charge >= 0.3 is 0 Å². The molecule has 1 heterocycles. The molecule has 1 aliphatic heterocycles. The van der Waals surface area contributed by atoms with Crippen LogP contribution in [-0.4, -0.2) is 12.0 Å². The van der Waals surface area contributed by atoms with Gasteiger partial charge in [0, 0.05) is 12.1 Å². The number of nitriles is 1. The molecule has 0 aromatic heterocycles. The summed E-state index contributed by atoms with van der Waals surface area (Å²) in [4.78, 5) is 12.5. The number of amides is 1. The summed E-state index contributed by atoms with van der Waals surface area (Å²) in [6.07, 6.45) is 2.62. The molecule has 0 saturated heterocycles. The Balaban J connectivity index is 1.84. The summed E-state index contributed by atoms with van der Waals surface area (Å²) in [6, 6.07) is 13.4. The molecule has 1 aliphatic rings. The molecule has 0 unspecified atom stereocenters. The van der Waals surface area contributed by atoms with E-state index in [9.17, 15) is 10.1 Å². The van der Waals surface area contributed by atoms with Gasteiger partial charge in [-0.15, -0.1) is 0 Å². The number of carbonyl (C=O) groups is 1. The number of fused-ring (bicyclic) bond motifs is 1. The second-order valence-electron chi connectivity index (χ2n) is 6.37. The number of rotatable bonds is 3. The van der Waals surface area contributed by atoms with Crippen molar-refractivity contribution in [1.82, 2.24) is 0 Å². The lowest BCUT2D eigenvalue weighted by Crippen LogP contribution is -2.14. The van der Waals surface area contributed by atoms with E-state index in [0.29, 0.717) is 0 Å². The molecule has 1 atom stereocenters. The molecule has 0 radical (unpaired) electrons. The third-order valence-electron chi connectivity index (χ3n) is 4.45. The van der Waals surface area contributed by atoms with E-state index >= 15 is 0 Å². The monoisotopic (exact) mass is 332 g/mol. The number of nitrogens with zero attached hydrogens (tertiary/aromatic N) is 1. The molecule has 126 valence electrons. The first kappa shape index (κ1) is 16.8. The molecule has 1 N–H and O–H groups in total. The summed E-state index contributed by atoms with van der Waals surface area (Å²) in [5, 5.41) is 12.2. The van der Waals surface area contributed by atoms with Crippen LogP contribution in [0.3, 0.4) is 0 Å². The van der Waals surface area contributed by atoms with Gasteiger partial charge in [-0.05, 0) is 67.3 Å². The molecule has 0 saturated carbocycles. The number of hydrogen-bond acceptors (Lipinski definition) is 3. The minimum absolute atomic E-state index is 0.0767. The highest BCUT2D eigenvalue weighted by atomic mass is 16.5. The molecule has 0 bridgehead atoms. The second kappa shape index (κ2) is 6.82. The Bertz CT molecular complexity index is 907. The van der Waals surface area contributed by atoms with Crippen LogP contribution in [0, 0.1) is 25.2 Å². The molecule has 0 spiro atoms. The summed E-state index contributed by atoms with van der Waals surface area (Å²) < 4.78 is 5.68. The van der Waals surface area contributed by atoms with Crippen molar-refractivity contribution in [3.8, 4) is 11.8 Å². The Kier molecular flexibility index (Phi) is 4.58. The Labute approximate surface area is 147 Å². The first-order valence-electron chi connectivity index (χ1n) is 8.27. The zero-order valence-corrected chi connectivity index (χ0v) is 14.6. The largest absolute Gasteiger partial charge is 0.490 e. The van der Waals surface area contributed by atoms with Gasteiger partial charge in [0.05, 0.1) is 0 Å². The van der Waals surface area contributed by atoms with Crippen molar-refractivity contribution in [2.75, 3.05) is 5.32 Å². The van der Waals surface area contributed by atoms with Gasteiger partial charge in [0.15, 0.2) is 0 Å². The highest BCUT2D eigenvalue weighted by Gasteiger charge is 2.19. The SMILES string of the molecule is Cc1cccc(NC(=O)/C(C#N)=C\c2ccc3c(c2)C[C@H](C)O3)c1C. The summed E-state index contributed by atoms with van der Waals surface area (Å²) >= 11 is 0. The maximum Gasteiger partial charge on any atom is 0.266 e. The van der Waals surface area contributed by atoms with Crippen molar-refractivity contribution < 1.29 is 9.53 Å². The summed E-state index contributed by atoms with van der Waals surface area (Å²) in [5.74, 6) is 0.476. The molecule has 3 rings (SSSR count). The number of nitrogens with one attached hydrogen (secondary N) is 1. The van der Waals surface area contributed by atoms with E-state index in [2.05, 4.69) is 5.32 Å². The number of carbonyl (C=O) groups excluding carboxylic acids is 1. The van der Waals surface area contributed by atoms with Crippen molar-refractivity contribution in [2.24, 2.45) is 0 Å². The number of hydrogen-bond donors (Lipinski definition) is 1. The zero-order valence-electron chi connectivity index (χ0n) is 14.6. The van der Waals surface area contributed by atoms with Crippen molar-refractivity contribution in [2.45, 2.75) is 33.3 Å². The Morgan fingerprint density at radius 3 is 2.88 bits per heavy atom. The zero-order chi connectivity index (χ0) is 18.0. The third kappa shape index (κ3) is 3.56. The van der Waals surface area contributed by atoms with Crippen LogP contribution in [0.15, 0.2) is 42.0 Å². The van der Waals surface area contributed by atoms with Crippen LogP contribution in [0.1, 0.15) is 29.2 Å². The Hall–Kier alpha value is -3.06. The Morgan fingerprint density at radius 2 is 2.12 bits per heavy atom. The fourth-order valence-electron chi connectivity index (χ4n) is 2.92. The molecule has 2 aromatic carbocycles. The molecule has 0 fully saturated rings. The highest BCUT2D eigenvalue weighted by Crippen LogP contribution is 2.30. The van der Waals surface area contributed by atoms with Crippen molar-refractivity contribution in [3.05, 3.63) is 64.2 Å². The lowest BCUT2D eigenvalue weighted by atomic mass is 10.0. The van der Waals surface area contributed by atoms with Crippen LogP contribution in [-0.2, 0) is 11.2 Å². The van der Waals surface area contributed by atoms with Crippen molar-refractivity contribution in [3.63, 3.8) is 0 Å². The minimum atomic E-state index is -0.402. The van der Waals surface area contributed by atoms with Crippen LogP contribution in [0.4, 0.5) is 5.69 Å². The molecule has 4 nitrogen and oxygen atoms in total. The number of aryl methyl sites for hydroxylation is 1. The first-order chi connectivity index (χ1) is 12.0. The van der Waals surface area contributed by atoms with E-state index < -0.39 is 5.91 Å². The average Bonchev–Trinajstić information content (AvgIpc) is 2.96. The van der Waals surface area contributed by atoms with E-state index in [-0.39, 0.29) is 11.7 Å². The van der Waals surface area contributed by atoms with Gasteiger partial charge in [0.25, 0.3) is 5.91 Å². The quantitative estimate of drug-likeness (QED) is 0.678. The predicted octanol–water partition coefficient (Wildman–Crippen LogP) is 4.17. The molecule has 25 heavy (non-hydrogen) atoms. The predicted molar refractivity (Wildman–Crippen MR) is 98.4 cm³/mol.